The molecule has 2 fully saturated rings. The van der Waals surface area contributed by atoms with Crippen molar-refractivity contribution in [1.29, 1.82) is 0 Å². The van der Waals surface area contributed by atoms with Gasteiger partial charge in [-0.05, 0) is 36.3 Å². The maximum Gasteiger partial charge on any atom is 0.323 e. The summed E-state index contributed by atoms with van der Waals surface area (Å²) in [7, 11) is 0.0531. The fraction of sp³-hybridized carbons (Fsp3) is 0.594. The predicted octanol–water partition coefficient (Wildman–Crippen LogP) is 0.889. The van der Waals surface area contributed by atoms with Gasteiger partial charge in [-0.25, -0.2) is 0 Å². The Morgan fingerprint density at radius 3 is 2.02 bits per heavy atom. The van der Waals surface area contributed by atoms with E-state index in [1.165, 1.54) is 19.1 Å². The Labute approximate surface area is 260 Å². The SMILES string of the molecule is CO[C@@H]1O[C@H]([C@H](O)[C@H](C(=O)O)N(C)C[C@H](O)[C@H](N)CO[Si](c2ccccc2)(c2ccccc2)C(C)(C)C)[C@H]2OC(C)(C)O[C@@H]12. The molecule has 0 spiro atoms. The molecule has 2 aliphatic heterocycles. The first kappa shape index (κ1) is 34.6. The summed E-state index contributed by atoms with van der Waals surface area (Å²) in [4.78, 5) is 13.8. The van der Waals surface area contributed by atoms with Gasteiger partial charge in [-0.3, -0.25) is 9.69 Å². The van der Waals surface area contributed by atoms with Crippen molar-refractivity contribution in [3.63, 3.8) is 0 Å². The van der Waals surface area contributed by atoms with E-state index in [4.69, 9.17) is 29.1 Å². The van der Waals surface area contributed by atoms with Crippen LogP contribution in [0.15, 0.2) is 60.7 Å². The number of carbonyl (C=O) groups is 1. The van der Waals surface area contributed by atoms with Gasteiger partial charge in [0.2, 0.25) is 0 Å². The van der Waals surface area contributed by atoms with Crippen LogP contribution >= 0.6 is 0 Å². The molecule has 4 rings (SSSR count). The van der Waals surface area contributed by atoms with Crippen molar-refractivity contribution in [3.8, 4) is 0 Å². The van der Waals surface area contributed by atoms with Crippen molar-refractivity contribution in [3.05, 3.63) is 60.7 Å². The molecule has 44 heavy (non-hydrogen) atoms. The van der Waals surface area contributed by atoms with Crippen LogP contribution in [0.4, 0.5) is 0 Å². The number of carboxylic acids is 1. The number of nitrogens with zero attached hydrogens (tertiary/aromatic N) is 1. The van der Waals surface area contributed by atoms with Crippen LogP contribution in [-0.4, -0.2) is 116 Å². The lowest BCUT2D eigenvalue weighted by Crippen LogP contribution is -2.67. The van der Waals surface area contributed by atoms with E-state index in [0.717, 1.165) is 10.4 Å². The Morgan fingerprint density at radius 2 is 1.55 bits per heavy atom. The molecule has 2 heterocycles. The summed E-state index contributed by atoms with van der Waals surface area (Å²) in [5.74, 6) is -2.24. The number of likely N-dealkylation sites (N-methyl/N-ethyl adjacent to an activating group) is 1. The summed E-state index contributed by atoms with van der Waals surface area (Å²) in [5, 5.41) is 34.5. The number of nitrogens with two attached hydrogens (primary N) is 1. The molecule has 0 radical (unpaired) electrons. The average Bonchev–Trinajstić information content (AvgIpc) is 3.45. The van der Waals surface area contributed by atoms with E-state index in [9.17, 15) is 20.1 Å². The van der Waals surface area contributed by atoms with Crippen LogP contribution in [0.2, 0.25) is 5.04 Å². The molecule has 0 bridgehead atoms. The van der Waals surface area contributed by atoms with E-state index >= 15 is 0 Å². The zero-order valence-electron chi connectivity index (χ0n) is 26.6. The molecule has 5 N–H and O–H groups in total. The van der Waals surface area contributed by atoms with Crippen LogP contribution in [0.1, 0.15) is 34.6 Å². The Balaban J connectivity index is 1.50. The molecule has 2 saturated heterocycles. The number of benzene rings is 2. The van der Waals surface area contributed by atoms with Crippen molar-refractivity contribution in [2.75, 3.05) is 27.3 Å². The number of rotatable bonds is 13. The van der Waals surface area contributed by atoms with Gasteiger partial charge < -0.3 is 44.4 Å². The number of methoxy groups -OCH3 is 1. The van der Waals surface area contributed by atoms with Crippen LogP contribution in [0.25, 0.3) is 0 Å². The Morgan fingerprint density at radius 1 is 1.02 bits per heavy atom. The van der Waals surface area contributed by atoms with Gasteiger partial charge in [-0.15, -0.1) is 0 Å². The summed E-state index contributed by atoms with van der Waals surface area (Å²) in [6.45, 7) is 9.81. The first-order chi connectivity index (χ1) is 20.6. The molecule has 2 aliphatic rings. The number of hydrogen-bond acceptors (Lipinski definition) is 10. The van der Waals surface area contributed by atoms with Crippen LogP contribution < -0.4 is 16.1 Å². The lowest BCUT2D eigenvalue weighted by atomic mass is 9.98. The number of carboxylic acid groups (broad SMARTS) is 1. The molecular weight excluding hydrogens is 584 g/mol. The average molecular weight is 633 g/mol. The standard InChI is InChI=1S/C32H48N2O9Si/c1-31(2,3)44(20-14-10-8-11-15-20,21-16-12-9-13-17-21)40-19-22(33)23(35)18-34(6)24(29(37)38)25(36)26-27-28(30(39-7)41-26)43-32(4,5)42-27/h8-17,22-28,30,35-36H,18-19,33H2,1-7H3,(H,37,38)/t22-,23+,24-,25-,26-,27-,28-,30-/m1/s1. The number of hydrogen-bond donors (Lipinski definition) is 4. The largest absolute Gasteiger partial charge is 0.480 e. The lowest BCUT2D eigenvalue weighted by Gasteiger charge is -2.44. The van der Waals surface area contributed by atoms with Gasteiger partial charge in [-0.1, -0.05) is 81.4 Å². The minimum absolute atomic E-state index is 0.0356. The summed E-state index contributed by atoms with van der Waals surface area (Å²) < 4.78 is 29.9. The third kappa shape index (κ3) is 6.94. The second-order valence-corrected chi connectivity index (χ2v) is 17.5. The van der Waals surface area contributed by atoms with E-state index in [2.05, 4.69) is 45.0 Å². The quantitative estimate of drug-likeness (QED) is 0.233. The number of ether oxygens (including phenoxy) is 4. The highest BCUT2D eigenvalue weighted by molar-refractivity contribution is 6.99. The van der Waals surface area contributed by atoms with Crippen molar-refractivity contribution in [2.24, 2.45) is 5.73 Å². The molecule has 8 atom stereocenters. The molecule has 11 nitrogen and oxygen atoms in total. The van der Waals surface area contributed by atoms with Gasteiger partial charge in [0.05, 0.1) is 18.8 Å². The third-order valence-corrected chi connectivity index (χ3v) is 13.6. The second kappa shape index (κ2) is 13.6. The highest BCUT2D eigenvalue weighted by atomic mass is 28.4. The van der Waals surface area contributed by atoms with Gasteiger partial charge in [0.1, 0.15) is 30.5 Å². The van der Waals surface area contributed by atoms with Crippen LogP contribution in [0.5, 0.6) is 0 Å². The topological polar surface area (TPSA) is 153 Å². The van der Waals surface area contributed by atoms with E-state index in [1.54, 1.807) is 13.8 Å². The highest BCUT2D eigenvalue weighted by Crippen LogP contribution is 2.41. The highest BCUT2D eigenvalue weighted by Gasteiger charge is 2.59. The first-order valence-electron chi connectivity index (χ1n) is 15.0. The van der Waals surface area contributed by atoms with Gasteiger partial charge in [-0.2, -0.15) is 0 Å². The fourth-order valence-electron chi connectivity index (χ4n) is 6.47. The molecule has 244 valence electrons. The van der Waals surface area contributed by atoms with Crippen molar-refractivity contribution < 1.29 is 43.5 Å². The van der Waals surface area contributed by atoms with Gasteiger partial charge in [0, 0.05) is 13.7 Å². The van der Waals surface area contributed by atoms with Crippen LogP contribution in [0, 0.1) is 0 Å². The van der Waals surface area contributed by atoms with E-state index in [0.29, 0.717) is 0 Å². The van der Waals surface area contributed by atoms with Crippen molar-refractivity contribution in [1.82, 2.24) is 4.90 Å². The summed E-state index contributed by atoms with van der Waals surface area (Å²) in [6, 6.07) is 17.9. The van der Waals surface area contributed by atoms with E-state index in [-0.39, 0.29) is 18.2 Å². The maximum atomic E-state index is 12.4. The fourth-order valence-corrected chi connectivity index (χ4v) is 11.1. The number of fused-ring (bicyclic) bond motifs is 1. The van der Waals surface area contributed by atoms with Crippen molar-refractivity contribution >= 4 is 24.7 Å². The van der Waals surface area contributed by atoms with Crippen LogP contribution in [-0.2, 0) is 28.2 Å². The van der Waals surface area contributed by atoms with Gasteiger partial charge in [0.25, 0.3) is 8.32 Å². The molecule has 2 aromatic rings. The van der Waals surface area contributed by atoms with Gasteiger partial charge >= 0.3 is 5.97 Å². The second-order valence-electron chi connectivity index (χ2n) is 13.2. The van der Waals surface area contributed by atoms with E-state index in [1.807, 2.05) is 36.4 Å². The maximum absolute atomic E-state index is 12.4. The number of aliphatic hydroxyl groups is 2. The summed E-state index contributed by atoms with van der Waals surface area (Å²) >= 11 is 0. The minimum atomic E-state index is -2.90. The normalized spacial score (nSPS) is 26.2. The first-order valence-corrected chi connectivity index (χ1v) is 16.9. The molecule has 2 aromatic carbocycles. The van der Waals surface area contributed by atoms with E-state index < -0.39 is 69.0 Å². The third-order valence-electron chi connectivity index (χ3n) is 8.55. The minimum Gasteiger partial charge on any atom is -0.480 e. The number of aliphatic carboxylic acids is 1. The van der Waals surface area contributed by atoms with Gasteiger partial charge in [0.15, 0.2) is 12.1 Å². The zero-order chi connectivity index (χ0) is 32.4. The Hall–Kier alpha value is -2.23. The summed E-state index contributed by atoms with van der Waals surface area (Å²) in [5.41, 5.74) is 6.52. The zero-order valence-corrected chi connectivity index (χ0v) is 27.6. The number of aliphatic hydroxyl groups excluding tert-OH is 2. The van der Waals surface area contributed by atoms with Crippen molar-refractivity contribution in [2.45, 2.75) is 94.3 Å². The lowest BCUT2D eigenvalue weighted by molar-refractivity contribution is -0.240. The molecule has 0 saturated carbocycles. The molecule has 12 heteroatoms. The Bertz CT molecular complexity index is 1190. The Kier molecular flexibility index (Phi) is 10.7. The molecular formula is C32H48N2O9Si. The summed E-state index contributed by atoms with van der Waals surface area (Å²) in [6.07, 6.45) is -5.95. The molecule has 0 unspecified atom stereocenters. The molecule has 0 aliphatic carbocycles. The van der Waals surface area contributed by atoms with Crippen LogP contribution in [0.3, 0.4) is 0 Å². The molecule has 0 aromatic heterocycles. The monoisotopic (exact) mass is 632 g/mol. The predicted molar refractivity (Wildman–Crippen MR) is 167 cm³/mol. The molecule has 0 amide bonds. The smallest absolute Gasteiger partial charge is 0.323 e.